The molecule has 3 saturated carbocycles. The van der Waals surface area contributed by atoms with Crippen molar-refractivity contribution in [3.63, 3.8) is 0 Å². The lowest BCUT2D eigenvalue weighted by Gasteiger charge is -2.64. The van der Waals surface area contributed by atoms with Crippen molar-refractivity contribution in [2.75, 3.05) is 13.2 Å². The van der Waals surface area contributed by atoms with Gasteiger partial charge >= 0.3 is 0 Å². The molecule has 0 aromatic heterocycles. The third kappa shape index (κ3) is 1.80. The molecule has 2 nitrogen and oxygen atoms in total. The van der Waals surface area contributed by atoms with Gasteiger partial charge in [-0.2, -0.15) is 0 Å². The van der Waals surface area contributed by atoms with Crippen LogP contribution >= 0.6 is 0 Å². The van der Waals surface area contributed by atoms with Crippen LogP contribution in [0.5, 0.6) is 0 Å². The Morgan fingerprint density at radius 2 is 1.86 bits per heavy atom. The minimum absolute atomic E-state index is 0.133. The van der Waals surface area contributed by atoms with E-state index < -0.39 is 0 Å². The van der Waals surface area contributed by atoms with Crippen LogP contribution in [0.2, 0.25) is 0 Å². The molecule has 6 unspecified atom stereocenters. The molecule has 4 rings (SSSR count). The maximum absolute atomic E-state index is 10.1. The molecule has 4 aliphatic rings. The van der Waals surface area contributed by atoms with Gasteiger partial charge < -0.3 is 10.2 Å². The number of aliphatic hydroxyl groups is 2. The molecule has 2 heteroatoms. The quantitative estimate of drug-likeness (QED) is 0.759. The first-order chi connectivity index (χ1) is 10.5. The van der Waals surface area contributed by atoms with Crippen molar-refractivity contribution in [2.24, 2.45) is 34.0 Å². The van der Waals surface area contributed by atoms with Gasteiger partial charge in [0.25, 0.3) is 0 Å². The summed E-state index contributed by atoms with van der Waals surface area (Å²) in [6.45, 7) is 5.50. The molecule has 4 aliphatic carbocycles. The summed E-state index contributed by atoms with van der Waals surface area (Å²) in [5, 5.41) is 19.8. The second kappa shape index (κ2) is 4.83. The molecule has 0 aliphatic heterocycles. The molecule has 6 atom stereocenters. The van der Waals surface area contributed by atoms with Crippen LogP contribution in [0.3, 0.4) is 0 Å². The summed E-state index contributed by atoms with van der Waals surface area (Å²) in [5.74, 6) is 2.11. The van der Waals surface area contributed by atoms with Gasteiger partial charge in [-0.25, -0.2) is 0 Å². The van der Waals surface area contributed by atoms with Gasteiger partial charge in [-0.05, 0) is 84.5 Å². The van der Waals surface area contributed by atoms with Gasteiger partial charge in [-0.1, -0.05) is 26.3 Å². The lowest BCUT2D eigenvalue weighted by atomic mass is 9.41. The minimum atomic E-state index is 0.133. The molecule has 2 N–H and O–H groups in total. The smallest absolute Gasteiger partial charge is 0.0644 e. The van der Waals surface area contributed by atoms with Gasteiger partial charge in [0.05, 0.1) is 6.61 Å². The molecule has 22 heavy (non-hydrogen) atoms. The Morgan fingerprint density at radius 3 is 2.59 bits per heavy atom. The van der Waals surface area contributed by atoms with Crippen molar-refractivity contribution in [3.8, 4) is 0 Å². The lowest BCUT2D eigenvalue weighted by Crippen LogP contribution is -2.57. The Balaban J connectivity index is 1.73. The zero-order chi connectivity index (χ0) is 15.6. The van der Waals surface area contributed by atoms with E-state index >= 15 is 0 Å². The maximum atomic E-state index is 10.1. The molecule has 0 amide bonds. The topological polar surface area (TPSA) is 40.5 Å². The molecule has 0 radical (unpaired) electrons. The van der Waals surface area contributed by atoms with Gasteiger partial charge in [-0.3, -0.25) is 0 Å². The Kier molecular flexibility index (Phi) is 3.34. The summed E-state index contributed by atoms with van der Waals surface area (Å²) in [6.07, 6.45) is 12.8. The molecule has 0 aromatic rings. The fourth-order valence-electron chi connectivity index (χ4n) is 7.55. The maximum Gasteiger partial charge on any atom is 0.0644 e. The van der Waals surface area contributed by atoms with Crippen LogP contribution in [-0.2, 0) is 0 Å². The Bertz CT molecular complexity index is 498. The highest BCUT2D eigenvalue weighted by molar-refractivity contribution is 5.28. The predicted molar refractivity (Wildman–Crippen MR) is 88.3 cm³/mol. The molecule has 2 bridgehead atoms. The van der Waals surface area contributed by atoms with E-state index in [1.165, 1.54) is 56.9 Å². The molecule has 0 saturated heterocycles. The van der Waals surface area contributed by atoms with Gasteiger partial charge in [0.15, 0.2) is 0 Å². The molecule has 0 heterocycles. The Morgan fingerprint density at radius 1 is 1.05 bits per heavy atom. The Labute approximate surface area is 135 Å². The van der Waals surface area contributed by atoms with Crippen molar-refractivity contribution in [1.82, 2.24) is 0 Å². The molecule has 3 fully saturated rings. The van der Waals surface area contributed by atoms with Gasteiger partial charge in [0.2, 0.25) is 0 Å². The first-order valence-corrected chi connectivity index (χ1v) is 9.41. The second-order valence-electron chi connectivity index (χ2n) is 9.40. The van der Waals surface area contributed by atoms with Gasteiger partial charge in [0, 0.05) is 6.61 Å². The monoisotopic (exact) mass is 304 g/mol. The second-order valence-corrected chi connectivity index (χ2v) is 9.40. The van der Waals surface area contributed by atoms with E-state index in [1.807, 2.05) is 0 Å². The molecular weight excluding hydrogens is 272 g/mol. The standard InChI is InChI=1S/C20H32O2/c1-18(13-22)7-3-8-19(2)16(18)6-9-20-10-14(4-5-17(19)20)15(11-20)12-21/h11,14,16-17,21-22H,3-10,12-13H2,1-2H3. The number of hydrogen-bond donors (Lipinski definition) is 2. The van der Waals surface area contributed by atoms with Crippen LogP contribution in [0.25, 0.3) is 0 Å². The van der Waals surface area contributed by atoms with E-state index in [0.29, 0.717) is 29.3 Å². The summed E-state index contributed by atoms with van der Waals surface area (Å²) in [5.41, 5.74) is 2.23. The number of fused-ring (bicyclic) bond motifs is 3. The summed E-state index contributed by atoms with van der Waals surface area (Å²) in [7, 11) is 0. The van der Waals surface area contributed by atoms with Crippen molar-refractivity contribution in [1.29, 1.82) is 0 Å². The first kappa shape index (κ1) is 15.2. The highest BCUT2D eigenvalue weighted by atomic mass is 16.3. The van der Waals surface area contributed by atoms with Crippen molar-refractivity contribution in [3.05, 3.63) is 11.6 Å². The number of aliphatic hydroxyl groups excluding tert-OH is 2. The third-order valence-corrected chi connectivity index (χ3v) is 8.46. The van der Waals surface area contributed by atoms with Crippen molar-refractivity contribution < 1.29 is 10.2 Å². The number of rotatable bonds is 2. The van der Waals surface area contributed by atoms with Crippen molar-refractivity contribution >= 4 is 0 Å². The van der Waals surface area contributed by atoms with E-state index in [-0.39, 0.29) is 12.0 Å². The van der Waals surface area contributed by atoms with Crippen LogP contribution < -0.4 is 0 Å². The molecule has 0 aromatic carbocycles. The van der Waals surface area contributed by atoms with E-state index in [0.717, 1.165) is 5.92 Å². The fraction of sp³-hybridized carbons (Fsp3) is 0.900. The minimum Gasteiger partial charge on any atom is -0.396 e. The zero-order valence-electron chi connectivity index (χ0n) is 14.3. The highest BCUT2D eigenvalue weighted by Crippen LogP contribution is 2.70. The Hall–Kier alpha value is -0.340. The van der Waals surface area contributed by atoms with Crippen LogP contribution in [0, 0.1) is 34.0 Å². The summed E-state index contributed by atoms with van der Waals surface area (Å²) in [4.78, 5) is 0. The van der Waals surface area contributed by atoms with E-state index in [2.05, 4.69) is 19.9 Å². The average Bonchev–Trinajstić information content (AvgIpc) is 2.77. The zero-order valence-corrected chi connectivity index (χ0v) is 14.3. The predicted octanol–water partition coefficient (Wildman–Crippen LogP) is 3.92. The van der Waals surface area contributed by atoms with Crippen molar-refractivity contribution in [2.45, 2.75) is 65.2 Å². The number of allylic oxidation sites excluding steroid dienone is 1. The van der Waals surface area contributed by atoms with E-state index in [4.69, 9.17) is 0 Å². The highest BCUT2D eigenvalue weighted by Gasteiger charge is 2.62. The van der Waals surface area contributed by atoms with Gasteiger partial charge in [-0.15, -0.1) is 0 Å². The first-order valence-electron chi connectivity index (χ1n) is 9.41. The summed E-state index contributed by atoms with van der Waals surface area (Å²) in [6, 6.07) is 0. The largest absolute Gasteiger partial charge is 0.396 e. The average molecular weight is 304 g/mol. The van der Waals surface area contributed by atoms with Crippen LogP contribution in [-0.4, -0.2) is 23.4 Å². The van der Waals surface area contributed by atoms with Gasteiger partial charge in [0.1, 0.15) is 0 Å². The summed E-state index contributed by atoms with van der Waals surface area (Å²) >= 11 is 0. The van der Waals surface area contributed by atoms with Crippen LogP contribution in [0.1, 0.15) is 65.2 Å². The third-order valence-electron chi connectivity index (χ3n) is 8.46. The van der Waals surface area contributed by atoms with E-state index in [1.54, 1.807) is 0 Å². The molecule has 124 valence electrons. The summed E-state index contributed by atoms with van der Waals surface area (Å²) < 4.78 is 0. The fourth-order valence-corrected chi connectivity index (χ4v) is 7.55. The van der Waals surface area contributed by atoms with E-state index in [9.17, 15) is 10.2 Å². The van der Waals surface area contributed by atoms with Crippen LogP contribution in [0.15, 0.2) is 11.6 Å². The SMILES string of the molecule is CC1(CO)CCCC2(C)C1CCC13C=C(CO)C(CCC12)C3. The lowest BCUT2D eigenvalue weighted by molar-refractivity contribution is -0.149. The molecule has 1 spiro atoms. The number of hydrogen-bond acceptors (Lipinski definition) is 2. The normalized spacial score (nSPS) is 53.6. The molecular formula is C20H32O2. The van der Waals surface area contributed by atoms with Crippen LogP contribution in [0.4, 0.5) is 0 Å².